The smallest absolute Gasteiger partial charge is 0 e. The van der Waals surface area contributed by atoms with Crippen molar-refractivity contribution in [3.05, 3.63) is 25.0 Å². The van der Waals surface area contributed by atoms with Crippen LogP contribution in [0.2, 0.25) is 0 Å². The predicted octanol–water partition coefficient (Wildman–Crippen LogP) is 3.99. The Bertz CT molecular complexity index is 59.4. The van der Waals surface area contributed by atoms with Crippen molar-refractivity contribution in [1.82, 2.24) is 0 Å². The van der Waals surface area contributed by atoms with Gasteiger partial charge >= 0.3 is 0 Å². The van der Waals surface area contributed by atoms with Crippen LogP contribution in [0.25, 0.3) is 0 Å². The maximum Gasteiger partial charge on any atom is 0 e. The summed E-state index contributed by atoms with van der Waals surface area (Å²) in [5, 5.41) is 0. The van der Waals surface area contributed by atoms with Gasteiger partial charge in [-0.2, -0.15) is 34.1 Å². The average Bonchev–Trinajstić information content (AvgIpc) is 2.44. The molecule has 0 aromatic heterocycles. The maximum absolute atomic E-state index is 3.10. The first-order valence-corrected chi connectivity index (χ1v) is 4.36. The summed E-state index contributed by atoms with van der Waals surface area (Å²) in [7, 11) is 0. The molecule has 0 bridgehead atoms. The second-order valence-corrected chi connectivity index (χ2v) is 2.46. The van der Waals surface area contributed by atoms with E-state index in [1.807, 2.05) is 40.5 Å². The van der Waals surface area contributed by atoms with Gasteiger partial charge in [-0.25, -0.2) is 0 Å². The zero-order valence-corrected chi connectivity index (χ0v) is 11.7. The molecule has 0 fully saturated rings. The molecule has 0 radical (unpaired) electrons. The maximum atomic E-state index is 3.10. The fraction of sp³-hybridized carbons (Fsp3) is 0.636. The first-order chi connectivity index (χ1) is 5.33. The Hall–Kier alpha value is 0.428. The fourth-order valence-electron chi connectivity index (χ4n) is 0.510. The molecule has 1 rings (SSSR count). The Balaban J connectivity index is -0.000000104. The second-order valence-electron chi connectivity index (χ2n) is 2.46. The molecule has 1 aliphatic rings. The molecule has 0 aromatic carbocycles. The van der Waals surface area contributed by atoms with Gasteiger partial charge in [-0.3, -0.25) is 6.08 Å². The minimum atomic E-state index is 0. The molecule has 0 atom stereocenters. The van der Waals surface area contributed by atoms with Crippen LogP contribution in [0, 0.1) is 18.9 Å². The van der Waals surface area contributed by atoms with E-state index < -0.39 is 0 Å². The van der Waals surface area contributed by atoms with Crippen LogP contribution >= 0.6 is 0 Å². The summed E-state index contributed by atoms with van der Waals surface area (Å²) in [5.41, 5.74) is 0. The summed E-state index contributed by atoms with van der Waals surface area (Å²) in [5.74, 6) is 0. The molecule has 0 nitrogen and oxygen atoms in total. The van der Waals surface area contributed by atoms with Crippen LogP contribution in [-0.4, -0.2) is 0 Å². The summed E-state index contributed by atoms with van der Waals surface area (Å²) in [6.45, 7) is 8.00. The Morgan fingerprint density at radius 1 is 1.08 bits per heavy atom. The molecule has 12 heavy (non-hydrogen) atoms. The van der Waals surface area contributed by atoms with Gasteiger partial charge < -0.3 is 18.9 Å². The number of rotatable bonds is 0. The minimum absolute atomic E-state index is 0. The van der Waals surface area contributed by atoms with E-state index in [1.54, 1.807) is 0 Å². The van der Waals surface area contributed by atoms with Crippen molar-refractivity contribution in [2.24, 2.45) is 0 Å². The van der Waals surface area contributed by atoms with Crippen LogP contribution in [0.4, 0.5) is 0 Å². The Labute approximate surface area is 93.1 Å². The quantitative estimate of drug-likeness (QED) is 0.587. The van der Waals surface area contributed by atoms with Crippen molar-refractivity contribution < 1.29 is 21.1 Å². The first-order valence-electron chi connectivity index (χ1n) is 4.36. The monoisotopic (exact) mass is 337 g/mol. The molecule has 0 heterocycles. The standard InChI is InChI=1S/C5H7.2C3H7.W/c1-2-4-5-3-1;2*1-3-2;/h1H,2,4-5H2;2*3H,1-2H3;/q3*-1;. The Morgan fingerprint density at radius 2 is 1.50 bits per heavy atom. The van der Waals surface area contributed by atoms with E-state index in [-0.39, 0.29) is 21.1 Å². The van der Waals surface area contributed by atoms with Crippen molar-refractivity contribution in [1.29, 1.82) is 0 Å². The molecule has 0 saturated heterocycles. The van der Waals surface area contributed by atoms with E-state index >= 15 is 0 Å². The van der Waals surface area contributed by atoms with Crippen molar-refractivity contribution in [2.45, 2.75) is 47.0 Å². The van der Waals surface area contributed by atoms with Gasteiger partial charge in [0.1, 0.15) is 0 Å². The Kier molecular flexibility index (Phi) is 34.3. The number of allylic oxidation sites excluding steroid dienone is 2. The second kappa shape index (κ2) is 22.5. The third kappa shape index (κ3) is 31.5. The average molecular weight is 337 g/mol. The topological polar surface area (TPSA) is 0 Å². The molecular formula is C11H21W-3. The summed E-state index contributed by atoms with van der Waals surface area (Å²) in [4.78, 5) is 0. The molecule has 0 aliphatic heterocycles. The van der Waals surface area contributed by atoms with Crippen LogP contribution in [-0.2, 0) is 21.1 Å². The number of hydrogen-bond donors (Lipinski definition) is 0. The molecule has 1 aliphatic carbocycles. The minimum Gasteiger partial charge on any atom is -0.501 e. The molecule has 0 N–H and O–H groups in total. The predicted molar refractivity (Wildman–Crippen MR) is 53.0 cm³/mol. The van der Waals surface area contributed by atoms with E-state index in [0.29, 0.717) is 0 Å². The van der Waals surface area contributed by atoms with E-state index in [1.165, 1.54) is 19.3 Å². The van der Waals surface area contributed by atoms with Gasteiger partial charge in [0.25, 0.3) is 0 Å². The molecule has 0 spiro atoms. The molecule has 0 amide bonds. The zero-order chi connectivity index (χ0) is 8.95. The fourth-order valence-corrected chi connectivity index (χ4v) is 0.510. The van der Waals surface area contributed by atoms with Gasteiger partial charge in [0, 0.05) is 21.1 Å². The molecule has 0 aromatic rings. The molecule has 1 heteroatoms. The SMILES string of the molecule is C[CH-]C.C[CH-]C.[C-]1=CCCC1.[W]. The summed E-state index contributed by atoms with van der Waals surface area (Å²) in [6, 6.07) is 0. The third-order valence-electron chi connectivity index (χ3n) is 0.814. The van der Waals surface area contributed by atoms with E-state index in [0.717, 1.165) is 0 Å². The molecule has 0 saturated carbocycles. The molecule has 0 unspecified atom stereocenters. The van der Waals surface area contributed by atoms with Crippen molar-refractivity contribution in [3.8, 4) is 0 Å². The normalized spacial score (nSPS) is 11.7. The van der Waals surface area contributed by atoms with Crippen LogP contribution in [0.5, 0.6) is 0 Å². The van der Waals surface area contributed by atoms with Crippen LogP contribution in [0.15, 0.2) is 6.08 Å². The van der Waals surface area contributed by atoms with Crippen molar-refractivity contribution >= 4 is 0 Å². The van der Waals surface area contributed by atoms with Gasteiger partial charge in [0.05, 0.1) is 0 Å². The van der Waals surface area contributed by atoms with Crippen LogP contribution in [0.1, 0.15) is 47.0 Å². The zero-order valence-electron chi connectivity index (χ0n) is 8.76. The summed E-state index contributed by atoms with van der Waals surface area (Å²) >= 11 is 0. The van der Waals surface area contributed by atoms with E-state index in [4.69, 9.17) is 0 Å². The van der Waals surface area contributed by atoms with E-state index in [2.05, 4.69) is 12.2 Å². The third-order valence-corrected chi connectivity index (χ3v) is 0.814. The molecule has 74 valence electrons. The summed E-state index contributed by atoms with van der Waals surface area (Å²) in [6.07, 6.45) is 13.0. The van der Waals surface area contributed by atoms with Gasteiger partial charge in [0.15, 0.2) is 0 Å². The largest absolute Gasteiger partial charge is 0.501 e. The van der Waals surface area contributed by atoms with Crippen molar-refractivity contribution in [3.63, 3.8) is 0 Å². The van der Waals surface area contributed by atoms with Gasteiger partial charge in [0.2, 0.25) is 0 Å². The van der Waals surface area contributed by atoms with E-state index in [9.17, 15) is 0 Å². The first kappa shape index (κ1) is 18.3. The molecular weight excluding hydrogens is 316 g/mol. The van der Waals surface area contributed by atoms with Gasteiger partial charge in [-0.15, -0.1) is 0 Å². The van der Waals surface area contributed by atoms with Crippen molar-refractivity contribution in [2.75, 3.05) is 0 Å². The Morgan fingerprint density at radius 3 is 1.58 bits per heavy atom. The van der Waals surface area contributed by atoms with Gasteiger partial charge in [-0.05, 0) is 0 Å². The number of hydrogen-bond acceptors (Lipinski definition) is 0. The van der Waals surface area contributed by atoms with Crippen LogP contribution in [0.3, 0.4) is 0 Å². The summed E-state index contributed by atoms with van der Waals surface area (Å²) < 4.78 is 0. The van der Waals surface area contributed by atoms with Gasteiger partial charge in [-0.1, -0.05) is 12.8 Å². The van der Waals surface area contributed by atoms with Crippen LogP contribution < -0.4 is 0 Å².